The molecule has 2 N–H and O–H groups in total. The number of nitriles is 1. The maximum atomic E-state index is 9.70. The van der Waals surface area contributed by atoms with Gasteiger partial charge in [-0.15, -0.1) is 0 Å². The Balaban J connectivity index is 0. The molecule has 0 aromatic carbocycles. The maximum absolute atomic E-state index is 9.70. The summed E-state index contributed by atoms with van der Waals surface area (Å²) in [6, 6.07) is 1.75. The van der Waals surface area contributed by atoms with Crippen LogP contribution in [0.15, 0.2) is 0 Å². The molecule has 0 aliphatic heterocycles. The standard InChI is InChI=1S/C4H6N2O2.Na.H/c5-1-2-6-3-4(7)8;;/h6H,2-3H2,(H,7,8);;. The van der Waals surface area contributed by atoms with Crippen LogP contribution in [0.2, 0.25) is 0 Å². The van der Waals surface area contributed by atoms with E-state index in [4.69, 9.17) is 10.4 Å². The Morgan fingerprint density at radius 2 is 2.33 bits per heavy atom. The first-order valence-corrected chi connectivity index (χ1v) is 2.07. The summed E-state index contributed by atoms with van der Waals surface area (Å²) in [5, 5.41) is 18.2. The predicted octanol–water partition coefficient (Wildman–Crippen LogP) is -1.46. The van der Waals surface area contributed by atoms with Gasteiger partial charge in [0.2, 0.25) is 0 Å². The fourth-order valence-corrected chi connectivity index (χ4v) is 0.225. The summed E-state index contributed by atoms with van der Waals surface area (Å²) in [6.45, 7) is -0.0557. The molecule has 0 rings (SSSR count). The van der Waals surface area contributed by atoms with Gasteiger partial charge >= 0.3 is 35.5 Å². The molecule has 0 unspecified atom stereocenters. The molecule has 0 fully saturated rings. The molecule has 0 aliphatic rings. The van der Waals surface area contributed by atoms with E-state index in [0.717, 1.165) is 0 Å². The Bertz CT molecular complexity index is 120. The van der Waals surface area contributed by atoms with Crippen molar-refractivity contribution in [1.29, 1.82) is 5.26 Å². The van der Waals surface area contributed by atoms with Crippen molar-refractivity contribution in [2.24, 2.45) is 0 Å². The molecular weight excluding hydrogens is 131 g/mol. The first-order valence-electron chi connectivity index (χ1n) is 2.07. The summed E-state index contributed by atoms with van der Waals surface area (Å²) < 4.78 is 0. The van der Waals surface area contributed by atoms with Gasteiger partial charge in [-0.05, 0) is 0 Å². The Kier molecular flexibility index (Phi) is 10.3. The van der Waals surface area contributed by atoms with Crippen LogP contribution in [0, 0.1) is 11.3 Å². The predicted molar refractivity (Wildman–Crippen MR) is 33.3 cm³/mol. The third-order valence-corrected chi connectivity index (χ3v) is 0.480. The van der Waals surface area contributed by atoms with Crippen molar-refractivity contribution >= 4 is 35.5 Å². The molecule has 0 aliphatic carbocycles. The molecule has 5 heteroatoms. The van der Waals surface area contributed by atoms with Crippen molar-refractivity contribution in [2.75, 3.05) is 13.1 Å². The van der Waals surface area contributed by atoms with E-state index >= 15 is 0 Å². The molecule has 0 bridgehead atoms. The summed E-state index contributed by atoms with van der Waals surface area (Å²) in [6.07, 6.45) is 0. The number of rotatable bonds is 3. The summed E-state index contributed by atoms with van der Waals surface area (Å²) in [5.74, 6) is -0.944. The van der Waals surface area contributed by atoms with Crippen molar-refractivity contribution in [3.05, 3.63) is 0 Å². The molecule has 4 nitrogen and oxygen atoms in total. The second-order valence-corrected chi connectivity index (χ2v) is 1.16. The van der Waals surface area contributed by atoms with E-state index in [1.165, 1.54) is 0 Å². The molecule has 46 valence electrons. The number of nitrogens with one attached hydrogen (secondary N) is 1. The monoisotopic (exact) mass is 138 g/mol. The Labute approximate surface area is 75.1 Å². The van der Waals surface area contributed by atoms with Crippen LogP contribution in [-0.4, -0.2) is 53.7 Å². The summed E-state index contributed by atoms with van der Waals surface area (Å²) in [5.41, 5.74) is 0. The number of hydrogen-bond donors (Lipinski definition) is 2. The summed E-state index contributed by atoms with van der Waals surface area (Å²) in [7, 11) is 0. The van der Waals surface area contributed by atoms with Gasteiger partial charge in [-0.1, -0.05) is 0 Å². The Morgan fingerprint density at radius 3 is 2.67 bits per heavy atom. The van der Waals surface area contributed by atoms with Gasteiger partial charge in [0.25, 0.3) is 0 Å². The van der Waals surface area contributed by atoms with E-state index in [1.54, 1.807) is 6.07 Å². The molecule has 0 radical (unpaired) electrons. The minimum atomic E-state index is -0.944. The van der Waals surface area contributed by atoms with Crippen molar-refractivity contribution in [2.45, 2.75) is 0 Å². The molecular formula is C4H7N2NaO2. The number of aliphatic carboxylic acids is 1. The molecule has 0 aromatic heterocycles. The van der Waals surface area contributed by atoms with Crippen molar-refractivity contribution in [1.82, 2.24) is 5.32 Å². The number of nitrogens with zero attached hydrogens (tertiary/aromatic N) is 1. The fraction of sp³-hybridized carbons (Fsp3) is 0.500. The van der Waals surface area contributed by atoms with Crippen LogP contribution in [0.4, 0.5) is 0 Å². The Morgan fingerprint density at radius 1 is 1.78 bits per heavy atom. The third kappa shape index (κ3) is 11.5. The van der Waals surface area contributed by atoms with E-state index < -0.39 is 5.97 Å². The van der Waals surface area contributed by atoms with E-state index in [0.29, 0.717) is 0 Å². The van der Waals surface area contributed by atoms with Crippen LogP contribution in [0.3, 0.4) is 0 Å². The van der Waals surface area contributed by atoms with Gasteiger partial charge in [-0.25, -0.2) is 0 Å². The van der Waals surface area contributed by atoms with Gasteiger partial charge in [0.15, 0.2) is 0 Å². The first-order chi connectivity index (χ1) is 3.77. The number of carboxylic acids is 1. The molecule has 0 saturated carbocycles. The normalized spacial score (nSPS) is 7.00. The number of hydrogen-bond acceptors (Lipinski definition) is 3. The SMILES string of the molecule is N#CCNCC(=O)O.[NaH]. The van der Waals surface area contributed by atoms with Crippen LogP contribution < -0.4 is 5.32 Å². The van der Waals surface area contributed by atoms with E-state index in [-0.39, 0.29) is 42.6 Å². The summed E-state index contributed by atoms with van der Waals surface area (Å²) >= 11 is 0. The first kappa shape index (κ1) is 11.7. The summed E-state index contributed by atoms with van der Waals surface area (Å²) in [4.78, 5) is 9.70. The Hall–Kier alpha value is -0.0800. The van der Waals surface area contributed by atoms with Crippen LogP contribution in [0.1, 0.15) is 0 Å². The minimum absolute atomic E-state index is 0. The quantitative estimate of drug-likeness (QED) is 0.284. The average Bonchev–Trinajstić information content (AvgIpc) is 1.66. The zero-order chi connectivity index (χ0) is 6.41. The van der Waals surface area contributed by atoms with Gasteiger partial charge in [-0.3, -0.25) is 10.1 Å². The average molecular weight is 138 g/mol. The van der Waals surface area contributed by atoms with Gasteiger partial charge in [0, 0.05) is 0 Å². The number of carboxylic acid groups (broad SMARTS) is 1. The van der Waals surface area contributed by atoms with E-state index in [9.17, 15) is 4.79 Å². The molecule has 0 saturated heterocycles. The molecule has 0 atom stereocenters. The number of carbonyl (C=O) groups is 1. The van der Waals surface area contributed by atoms with E-state index in [1.807, 2.05) is 0 Å². The fourth-order valence-electron chi connectivity index (χ4n) is 0.225. The van der Waals surface area contributed by atoms with Crippen LogP contribution >= 0.6 is 0 Å². The van der Waals surface area contributed by atoms with Gasteiger partial charge in [0.05, 0.1) is 19.2 Å². The van der Waals surface area contributed by atoms with Crippen molar-refractivity contribution < 1.29 is 9.90 Å². The molecule has 0 heterocycles. The zero-order valence-electron chi connectivity index (χ0n) is 4.22. The second-order valence-electron chi connectivity index (χ2n) is 1.16. The molecule has 9 heavy (non-hydrogen) atoms. The van der Waals surface area contributed by atoms with Gasteiger partial charge in [-0.2, -0.15) is 5.26 Å². The van der Waals surface area contributed by atoms with Gasteiger partial charge in [0.1, 0.15) is 0 Å². The zero-order valence-corrected chi connectivity index (χ0v) is 4.22. The van der Waals surface area contributed by atoms with Crippen LogP contribution in [0.25, 0.3) is 0 Å². The molecule has 0 amide bonds. The topological polar surface area (TPSA) is 73.1 Å². The van der Waals surface area contributed by atoms with E-state index in [2.05, 4.69) is 5.32 Å². The van der Waals surface area contributed by atoms with Crippen molar-refractivity contribution in [3.8, 4) is 6.07 Å². The van der Waals surface area contributed by atoms with Crippen molar-refractivity contribution in [3.63, 3.8) is 0 Å². The van der Waals surface area contributed by atoms with Gasteiger partial charge < -0.3 is 5.11 Å². The second kappa shape index (κ2) is 7.92. The van der Waals surface area contributed by atoms with Crippen LogP contribution in [-0.2, 0) is 4.79 Å². The third-order valence-electron chi connectivity index (χ3n) is 0.480. The van der Waals surface area contributed by atoms with Crippen LogP contribution in [0.5, 0.6) is 0 Å². The molecule has 0 spiro atoms. The molecule has 0 aromatic rings.